The van der Waals surface area contributed by atoms with E-state index in [1.807, 2.05) is 24.3 Å². The van der Waals surface area contributed by atoms with Gasteiger partial charge in [-0.3, -0.25) is 0 Å². The lowest BCUT2D eigenvalue weighted by molar-refractivity contribution is 0.444. The van der Waals surface area contributed by atoms with Crippen molar-refractivity contribution in [2.75, 3.05) is 0 Å². The van der Waals surface area contributed by atoms with Crippen LogP contribution in [-0.4, -0.2) is 14.8 Å². The molecule has 0 radical (unpaired) electrons. The Morgan fingerprint density at radius 1 is 1.33 bits per heavy atom. The molecule has 0 aliphatic carbocycles. The van der Waals surface area contributed by atoms with E-state index in [1.54, 1.807) is 0 Å². The van der Waals surface area contributed by atoms with E-state index in [2.05, 4.69) is 14.8 Å². The predicted octanol–water partition coefficient (Wildman–Crippen LogP) is 2.32. The van der Waals surface area contributed by atoms with Gasteiger partial charge in [-0.2, -0.15) is 0 Å². The summed E-state index contributed by atoms with van der Waals surface area (Å²) in [6.07, 6.45) is 2.78. The zero-order chi connectivity index (χ0) is 12.5. The highest BCUT2D eigenvalue weighted by Crippen LogP contribution is 2.24. The van der Waals surface area contributed by atoms with Crippen LogP contribution < -0.4 is 5.73 Å². The van der Waals surface area contributed by atoms with E-state index in [4.69, 9.17) is 17.3 Å². The number of hydrogen-bond acceptors (Lipinski definition) is 3. The summed E-state index contributed by atoms with van der Waals surface area (Å²) in [6.45, 7) is 0.954. The SMILES string of the molecule is NC1CCCn2c(Cc3ccccc3Cl)nnc21. The van der Waals surface area contributed by atoms with Crippen molar-refractivity contribution in [1.82, 2.24) is 14.8 Å². The maximum absolute atomic E-state index is 6.17. The molecule has 0 saturated carbocycles. The summed E-state index contributed by atoms with van der Waals surface area (Å²) in [6, 6.07) is 7.86. The summed E-state index contributed by atoms with van der Waals surface area (Å²) in [5.41, 5.74) is 7.11. The third kappa shape index (κ3) is 2.02. The number of fused-ring (bicyclic) bond motifs is 1. The Morgan fingerprint density at radius 2 is 2.17 bits per heavy atom. The van der Waals surface area contributed by atoms with Crippen molar-refractivity contribution in [2.45, 2.75) is 31.8 Å². The summed E-state index contributed by atoms with van der Waals surface area (Å²) in [7, 11) is 0. The average Bonchev–Trinajstić information content (AvgIpc) is 2.77. The number of halogens is 1. The van der Waals surface area contributed by atoms with Crippen LogP contribution in [0.15, 0.2) is 24.3 Å². The number of aromatic nitrogens is 3. The van der Waals surface area contributed by atoms with Crippen LogP contribution in [0.25, 0.3) is 0 Å². The van der Waals surface area contributed by atoms with Crippen LogP contribution in [0.1, 0.15) is 36.1 Å². The van der Waals surface area contributed by atoms with E-state index in [0.29, 0.717) is 6.42 Å². The average molecular weight is 263 g/mol. The lowest BCUT2D eigenvalue weighted by Gasteiger charge is -2.20. The molecule has 1 unspecified atom stereocenters. The van der Waals surface area contributed by atoms with Crippen molar-refractivity contribution >= 4 is 11.6 Å². The monoisotopic (exact) mass is 262 g/mol. The normalized spacial score (nSPS) is 18.7. The minimum Gasteiger partial charge on any atom is -0.321 e. The summed E-state index contributed by atoms with van der Waals surface area (Å²) >= 11 is 6.17. The zero-order valence-corrected chi connectivity index (χ0v) is 10.8. The van der Waals surface area contributed by atoms with Gasteiger partial charge in [0.2, 0.25) is 0 Å². The van der Waals surface area contributed by atoms with Crippen molar-refractivity contribution in [3.63, 3.8) is 0 Å². The van der Waals surface area contributed by atoms with Crippen LogP contribution >= 0.6 is 11.6 Å². The number of nitrogens with two attached hydrogens (primary N) is 1. The third-order valence-electron chi connectivity index (χ3n) is 3.39. The number of benzene rings is 1. The summed E-state index contributed by atoms with van der Waals surface area (Å²) in [5, 5.41) is 9.24. The molecule has 2 heterocycles. The Balaban J connectivity index is 1.92. The van der Waals surface area contributed by atoms with Crippen molar-refractivity contribution in [3.8, 4) is 0 Å². The smallest absolute Gasteiger partial charge is 0.149 e. The van der Waals surface area contributed by atoms with Gasteiger partial charge in [0.25, 0.3) is 0 Å². The molecule has 1 aromatic heterocycles. The van der Waals surface area contributed by atoms with Crippen molar-refractivity contribution in [1.29, 1.82) is 0 Å². The van der Waals surface area contributed by atoms with E-state index < -0.39 is 0 Å². The standard InChI is InChI=1S/C13H15ClN4/c14-10-5-2-1-4-9(10)8-12-16-17-13-11(15)6-3-7-18(12)13/h1-2,4-5,11H,3,6-8,15H2. The van der Waals surface area contributed by atoms with E-state index in [9.17, 15) is 0 Å². The fourth-order valence-electron chi connectivity index (χ4n) is 2.41. The molecular formula is C13H15ClN4. The van der Waals surface area contributed by atoms with Gasteiger partial charge in [0.15, 0.2) is 0 Å². The van der Waals surface area contributed by atoms with Crippen LogP contribution in [-0.2, 0) is 13.0 Å². The molecule has 1 aliphatic heterocycles. The lowest BCUT2D eigenvalue weighted by atomic mass is 10.1. The van der Waals surface area contributed by atoms with E-state index in [-0.39, 0.29) is 6.04 Å². The minimum atomic E-state index is 0.0197. The Morgan fingerprint density at radius 3 is 3.00 bits per heavy atom. The minimum absolute atomic E-state index is 0.0197. The Hall–Kier alpha value is -1.39. The first-order valence-electron chi connectivity index (χ1n) is 6.16. The summed E-state index contributed by atoms with van der Waals surface area (Å²) < 4.78 is 2.14. The largest absolute Gasteiger partial charge is 0.321 e. The molecule has 0 amide bonds. The van der Waals surface area contributed by atoms with Crippen LogP contribution in [0.5, 0.6) is 0 Å². The second-order valence-corrected chi connectivity index (χ2v) is 5.05. The van der Waals surface area contributed by atoms with Gasteiger partial charge in [-0.15, -0.1) is 10.2 Å². The van der Waals surface area contributed by atoms with E-state index in [1.165, 1.54) is 0 Å². The molecule has 0 spiro atoms. The quantitative estimate of drug-likeness (QED) is 0.904. The van der Waals surface area contributed by atoms with Crippen molar-refractivity contribution < 1.29 is 0 Å². The molecule has 94 valence electrons. The lowest BCUT2D eigenvalue weighted by Crippen LogP contribution is -2.23. The topological polar surface area (TPSA) is 56.7 Å². The summed E-state index contributed by atoms with van der Waals surface area (Å²) in [4.78, 5) is 0. The molecule has 4 nitrogen and oxygen atoms in total. The summed E-state index contributed by atoms with van der Waals surface area (Å²) in [5.74, 6) is 1.86. The molecule has 1 aliphatic rings. The maximum atomic E-state index is 6.17. The highest BCUT2D eigenvalue weighted by Gasteiger charge is 2.22. The van der Waals surface area contributed by atoms with E-state index in [0.717, 1.165) is 41.6 Å². The molecule has 0 bridgehead atoms. The Bertz CT molecular complexity index is 564. The molecule has 5 heteroatoms. The van der Waals surface area contributed by atoms with Gasteiger partial charge in [-0.1, -0.05) is 29.8 Å². The predicted molar refractivity (Wildman–Crippen MR) is 70.4 cm³/mol. The zero-order valence-electron chi connectivity index (χ0n) is 10.0. The van der Waals surface area contributed by atoms with Gasteiger partial charge < -0.3 is 10.3 Å². The first kappa shape index (κ1) is 11.7. The van der Waals surface area contributed by atoms with Gasteiger partial charge >= 0.3 is 0 Å². The number of hydrogen-bond donors (Lipinski definition) is 1. The first-order valence-corrected chi connectivity index (χ1v) is 6.54. The van der Waals surface area contributed by atoms with Gasteiger partial charge in [-0.25, -0.2) is 0 Å². The van der Waals surface area contributed by atoms with Gasteiger partial charge in [0.05, 0.1) is 6.04 Å². The molecule has 0 fully saturated rings. The third-order valence-corrected chi connectivity index (χ3v) is 3.76. The fourth-order valence-corrected chi connectivity index (χ4v) is 2.61. The molecular weight excluding hydrogens is 248 g/mol. The fraction of sp³-hybridized carbons (Fsp3) is 0.385. The highest BCUT2D eigenvalue weighted by atomic mass is 35.5. The second kappa shape index (κ2) is 4.71. The van der Waals surface area contributed by atoms with Crippen LogP contribution in [0, 0.1) is 0 Å². The van der Waals surface area contributed by atoms with Gasteiger partial charge in [0.1, 0.15) is 11.6 Å². The maximum Gasteiger partial charge on any atom is 0.149 e. The molecule has 0 saturated heterocycles. The van der Waals surface area contributed by atoms with Crippen molar-refractivity contribution in [2.24, 2.45) is 5.73 Å². The highest BCUT2D eigenvalue weighted by molar-refractivity contribution is 6.31. The second-order valence-electron chi connectivity index (χ2n) is 4.64. The van der Waals surface area contributed by atoms with Gasteiger partial charge in [0, 0.05) is 18.0 Å². The molecule has 1 atom stereocenters. The number of nitrogens with zero attached hydrogens (tertiary/aromatic N) is 3. The Labute approximate surface area is 111 Å². The Kier molecular flexibility index (Phi) is 3.06. The van der Waals surface area contributed by atoms with Crippen LogP contribution in [0.4, 0.5) is 0 Å². The number of rotatable bonds is 2. The molecule has 3 rings (SSSR count). The van der Waals surface area contributed by atoms with E-state index >= 15 is 0 Å². The molecule has 2 aromatic rings. The molecule has 18 heavy (non-hydrogen) atoms. The van der Waals surface area contributed by atoms with Gasteiger partial charge in [-0.05, 0) is 24.5 Å². The first-order chi connectivity index (χ1) is 8.75. The molecule has 1 aromatic carbocycles. The van der Waals surface area contributed by atoms with Crippen LogP contribution in [0.3, 0.4) is 0 Å². The molecule has 2 N–H and O–H groups in total. The van der Waals surface area contributed by atoms with Crippen LogP contribution in [0.2, 0.25) is 5.02 Å². The van der Waals surface area contributed by atoms with Crippen molar-refractivity contribution in [3.05, 3.63) is 46.5 Å².